The Morgan fingerprint density at radius 1 is 1.30 bits per heavy atom. The van der Waals surface area contributed by atoms with Crippen molar-refractivity contribution in [1.82, 2.24) is 14.9 Å². The second-order valence-corrected chi connectivity index (χ2v) is 4.34. The first-order valence-corrected chi connectivity index (χ1v) is 6.14. The van der Waals surface area contributed by atoms with E-state index < -0.39 is 0 Å². The zero-order chi connectivity index (χ0) is 14.1. The Hall–Kier alpha value is -2.89. The molecule has 3 N–H and O–H groups in total. The van der Waals surface area contributed by atoms with Gasteiger partial charge >= 0.3 is 11.2 Å². The molecular formula is C14H13N4O2+. The predicted octanol–water partition coefficient (Wildman–Crippen LogP) is 0.468. The smallest absolute Gasteiger partial charge is 0.355 e. The molecule has 0 spiro atoms. The van der Waals surface area contributed by atoms with Gasteiger partial charge in [-0.05, 0) is 0 Å². The van der Waals surface area contributed by atoms with Crippen LogP contribution >= 0.6 is 0 Å². The van der Waals surface area contributed by atoms with Crippen LogP contribution in [0.4, 0.5) is 0 Å². The summed E-state index contributed by atoms with van der Waals surface area (Å²) in [5.74, 6) is -0.260. The number of nitrogens with zero attached hydrogens (tertiary/aromatic N) is 1. The third kappa shape index (κ3) is 1.87. The van der Waals surface area contributed by atoms with Crippen LogP contribution in [0, 0.1) is 0 Å². The molecule has 3 aromatic rings. The molecule has 0 aliphatic carbocycles. The number of aromatic nitrogens is 3. The molecular weight excluding hydrogens is 256 g/mol. The quantitative estimate of drug-likeness (QED) is 0.709. The van der Waals surface area contributed by atoms with E-state index in [1.54, 1.807) is 7.05 Å². The fourth-order valence-corrected chi connectivity index (χ4v) is 2.11. The van der Waals surface area contributed by atoms with Crippen molar-refractivity contribution in [2.24, 2.45) is 0 Å². The molecule has 2 aromatic heterocycles. The molecule has 0 atom stereocenters. The largest absolute Gasteiger partial charge is 0.361 e. The van der Waals surface area contributed by atoms with Crippen LogP contribution in [-0.2, 0) is 0 Å². The standard InChI is InChI=1S/C14H12N4O2/c1-15-14(20)10-8-16-18-12(19)7-11(17-13(10)18)9-5-3-2-4-6-9/h2-8,16H,1H3,(H,15,20)/p+1. The maximum absolute atomic E-state index is 12.1. The minimum Gasteiger partial charge on any atom is -0.355 e. The third-order valence-corrected chi connectivity index (χ3v) is 3.11. The first-order chi connectivity index (χ1) is 9.70. The van der Waals surface area contributed by atoms with E-state index in [9.17, 15) is 9.59 Å². The van der Waals surface area contributed by atoms with E-state index in [1.807, 2.05) is 30.3 Å². The number of nitrogens with one attached hydrogen (secondary N) is 3. The van der Waals surface area contributed by atoms with Gasteiger partial charge in [0.25, 0.3) is 5.91 Å². The number of carbonyl (C=O) groups is 1. The number of amides is 1. The van der Waals surface area contributed by atoms with E-state index in [1.165, 1.54) is 16.8 Å². The molecule has 100 valence electrons. The number of carbonyl (C=O) groups excluding carboxylic acids is 1. The number of aromatic amines is 2. The topological polar surface area (TPSA) is 80.5 Å². The number of rotatable bonds is 2. The molecule has 6 nitrogen and oxygen atoms in total. The van der Waals surface area contributed by atoms with E-state index in [0.717, 1.165) is 5.56 Å². The second-order valence-electron chi connectivity index (χ2n) is 4.34. The molecule has 6 heteroatoms. The third-order valence-electron chi connectivity index (χ3n) is 3.11. The molecule has 0 fully saturated rings. The highest BCUT2D eigenvalue weighted by molar-refractivity contribution is 5.98. The SMILES string of the molecule is CNC(=O)c1c[nH]n2c(=O)cc(-c3ccccc3)[nH+]c12. The lowest BCUT2D eigenvalue weighted by atomic mass is 10.1. The van der Waals surface area contributed by atoms with Gasteiger partial charge in [-0.25, -0.2) is 14.9 Å². The van der Waals surface area contributed by atoms with Crippen LogP contribution < -0.4 is 15.9 Å². The predicted molar refractivity (Wildman–Crippen MR) is 73.4 cm³/mol. The van der Waals surface area contributed by atoms with Crippen LogP contribution in [0.2, 0.25) is 0 Å². The van der Waals surface area contributed by atoms with Crippen LogP contribution in [0.1, 0.15) is 10.4 Å². The molecule has 0 radical (unpaired) electrons. The van der Waals surface area contributed by atoms with E-state index >= 15 is 0 Å². The second kappa shape index (κ2) is 4.65. The van der Waals surface area contributed by atoms with Gasteiger partial charge in [0, 0.05) is 12.6 Å². The highest BCUT2D eigenvalue weighted by atomic mass is 16.2. The number of fused-ring (bicyclic) bond motifs is 1. The van der Waals surface area contributed by atoms with Crippen molar-refractivity contribution in [3.05, 3.63) is 58.5 Å². The van der Waals surface area contributed by atoms with E-state index in [4.69, 9.17) is 0 Å². The molecule has 2 heterocycles. The summed E-state index contributed by atoms with van der Waals surface area (Å²) in [4.78, 5) is 27.0. The zero-order valence-electron chi connectivity index (χ0n) is 10.8. The van der Waals surface area contributed by atoms with Crippen molar-refractivity contribution in [2.75, 3.05) is 7.05 Å². The highest BCUT2D eigenvalue weighted by Crippen LogP contribution is 2.13. The molecule has 0 aliphatic heterocycles. The fourth-order valence-electron chi connectivity index (χ4n) is 2.11. The molecule has 1 aromatic carbocycles. The Labute approximate surface area is 114 Å². The summed E-state index contributed by atoms with van der Waals surface area (Å²) in [5, 5.41) is 5.31. The lowest BCUT2D eigenvalue weighted by Gasteiger charge is -1.97. The van der Waals surface area contributed by atoms with E-state index in [2.05, 4.69) is 15.4 Å². The normalized spacial score (nSPS) is 10.7. The zero-order valence-corrected chi connectivity index (χ0v) is 10.8. The van der Waals surface area contributed by atoms with E-state index in [-0.39, 0.29) is 11.5 Å². The molecule has 0 saturated carbocycles. The Bertz CT molecular complexity index is 833. The van der Waals surface area contributed by atoms with Gasteiger partial charge in [0.1, 0.15) is 5.69 Å². The average molecular weight is 269 g/mol. The summed E-state index contributed by atoms with van der Waals surface area (Å²) in [5.41, 5.74) is 2.15. The van der Waals surface area contributed by atoms with Gasteiger partial charge < -0.3 is 5.32 Å². The van der Waals surface area contributed by atoms with Gasteiger partial charge in [-0.3, -0.25) is 4.79 Å². The summed E-state index contributed by atoms with van der Waals surface area (Å²) in [6.07, 6.45) is 1.50. The van der Waals surface area contributed by atoms with Crippen LogP contribution in [-0.4, -0.2) is 22.6 Å². The summed E-state index contributed by atoms with van der Waals surface area (Å²) < 4.78 is 1.30. The molecule has 3 rings (SSSR count). The maximum Gasteiger partial charge on any atom is 0.361 e. The molecule has 1 amide bonds. The minimum absolute atomic E-state index is 0.229. The van der Waals surface area contributed by atoms with Gasteiger partial charge in [0.05, 0.1) is 12.3 Å². The molecule has 0 unspecified atom stereocenters. The Morgan fingerprint density at radius 2 is 2.05 bits per heavy atom. The number of hydrogen-bond donors (Lipinski definition) is 2. The maximum atomic E-state index is 12.1. The fraction of sp³-hybridized carbons (Fsp3) is 0.0714. The summed E-state index contributed by atoms with van der Waals surface area (Å²) in [7, 11) is 1.55. The van der Waals surface area contributed by atoms with Crippen LogP contribution in [0.3, 0.4) is 0 Å². The number of benzene rings is 1. The Kier molecular flexibility index (Phi) is 2.83. The Morgan fingerprint density at radius 3 is 2.75 bits per heavy atom. The van der Waals surface area contributed by atoms with Crippen molar-refractivity contribution in [1.29, 1.82) is 0 Å². The van der Waals surface area contributed by atoms with Gasteiger partial charge in [0.2, 0.25) is 0 Å². The van der Waals surface area contributed by atoms with Gasteiger partial charge in [-0.15, -0.1) is 0 Å². The minimum atomic E-state index is -0.260. The molecule has 0 bridgehead atoms. The van der Waals surface area contributed by atoms with Gasteiger partial charge in [-0.1, -0.05) is 34.8 Å². The lowest BCUT2D eigenvalue weighted by molar-refractivity contribution is -0.337. The highest BCUT2D eigenvalue weighted by Gasteiger charge is 2.20. The van der Waals surface area contributed by atoms with Gasteiger partial charge in [-0.2, -0.15) is 0 Å². The van der Waals surface area contributed by atoms with Crippen molar-refractivity contribution in [3.8, 4) is 11.3 Å². The molecule has 20 heavy (non-hydrogen) atoms. The van der Waals surface area contributed by atoms with Crippen molar-refractivity contribution < 1.29 is 9.78 Å². The lowest BCUT2D eigenvalue weighted by Crippen LogP contribution is -2.26. The van der Waals surface area contributed by atoms with Crippen LogP contribution in [0.5, 0.6) is 0 Å². The van der Waals surface area contributed by atoms with Crippen LogP contribution in [0.25, 0.3) is 16.9 Å². The first-order valence-electron chi connectivity index (χ1n) is 6.14. The Balaban J connectivity index is 2.27. The van der Waals surface area contributed by atoms with Crippen LogP contribution in [0.15, 0.2) is 47.4 Å². The van der Waals surface area contributed by atoms with Gasteiger partial charge in [0.15, 0.2) is 5.56 Å². The average Bonchev–Trinajstić information content (AvgIpc) is 2.92. The van der Waals surface area contributed by atoms with Crippen molar-refractivity contribution in [2.45, 2.75) is 0 Å². The monoisotopic (exact) mass is 269 g/mol. The summed E-state index contributed by atoms with van der Waals surface area (Å²) in [6.45, 7) is 0. The van der Waals surface area contributed by atoms with Crippen molar-refractivity contribution >= 4 is 11.6 Å². The number of hydrogen-bond acceptors (Lipinski definition) is 2. The van der Waals surface area contributed by atoms with Crippen molar-refractivity contribution in [3.63, 3.8) is 0 Å². The number of H-pyrrole nitrogens is 2. The molecule has 0 saturated heterocycles. The summed E-state index contributed by atoms with van der Waals surface area (Å²) in [6, 6.07) is 11.0. The summed E-state index contributed by atoms with van der Waals surface area (Å²) >= 11 is 0. The molecule has 0 aliphatic rings. The first kappa shape index (κ1) is 12.2. The van der Waals surface area contributed by atoms with E-state index in [0.29, 0.717) is 16.9 Å².